The second kappa shape index (κ2) is 5.30. The van der Waals surface area contributed by atoms with E-state index in [0.717, 1.165) is 4.90 Å². The molecule has 3 rings (SSSR count). The number of piperidine rings is 1. The first-order chi connectivity index (χ1) is 11.1. The molecule has 2 fully saturated rings. The van der Waals surface area contributed by atoms with Crippen molar-refractivity contribution in [2.75, 3.05) is 6.54 Å². The predicted octanol–water partition coefficient (Wildman–Crippen LogP) is 2.43. The molecule has 0 spiro atoms. The minimum absolute atomic E-state index is 0.00574. The van der Waals surface area contributed by atoms with Gasteiger partial charge in [-0.1, -0.05) is 0 Å². The monoisotopic (exact) mass is 355 g/mol. The van der Waals surface area contributed by atoms with Crippen molar-refractivity contribution in [2.45, 2.75) is 37.0 Å². The maximum absolute atomic E-state index is 13.4. The molecule has 4 atom stereocenters. The van der Waals surface area contributed by atoms with Gasteiger partial charge in [0.2, 0.25) is 0 Å². The van der Waals surface area contributed by atoms with E-state index in [-0.39, 0.29) is 25.7 Å². The molecule has 2 saturated heterocycles. The fourth-order valence-corrected chi connectivity index (χ4v) is 3.37. The Morgan fingerprint density at radius 2 is 1.83 bits per heavy atom. The zero-order chi connectivity index (χ0) is 17.8. The van der Waals surface area contributed by atoms with Crippen molar-refractivity contribution >= 4 is 6.29 Å². The van der Waals surface area contributed by atoms with E-state index >= 15 is 0 Å². The average molecular weight is 355 g/mol. The number of aromatic nitrogens is 2. The van der Waals surface area contributed by atoms with Gasteiger partial charge >= 0.3 is 18.4 Å². The van der Waals surface area contributed by atoms with Crippen LogP contribution in [0.25, 0.3) is 0 Å². The zero-order valence-electron chi connectivity index (χ0n) is 11.9. The zero-order valence-corrected chi connectivity index (χ0v) is 11.9. The summed E-state index contributed by atoms with van der Waals surface area (Å²) < 4.78 is 82.6. The van der Waals surface area contributed by atoms with E-state index in [1.54, 1.807) is 0 Å². The maximum Gasteiger partial charge on any atom is 0.419 e. The molecule has 2 aliphatic rings. The minimum atomic E-state index is -4.77. The third kappa shape index (κ3) is 2.41. The molecule has 0 saturated carbocycles. The van der Waals surface area contributed by atoms with E-state index in [2.05, 4.69) is 9.97 Å². The molecule has 0 radical (unpaired) electrons. The summed E-state index contributed by atoms with van der Waals surface area (Å²) in [5.41, 5.74) is -3.72. The molecule has 4 unspecified atom stereocenters. The van der Waals surface area contributed by atoms with Crippen LogP contribution >= 0.6 is 0 Å². The van der Waals surface area contributed by atoms with Crippen molar-refractivity contribution in [3.63, 3.8) is 0 Å². The number of ether oxygens (including phenoxy) is 1. The summed E-state index contributed by atoms with van der Waals surface area (Å²) in [6.07, 6.45) is -9.56. The summed E-state index contributed by atoms with van der Waals surface area (Å²) in [6, 6.07) is -0.470. The van der Waals surface area contributed by atoms with Crippen molar-refractivity contribution < 1.29 is 35.9 Å². The summed E-state index contributed by atoms with van der Waals surface area (Å²) in [7, 11) is 0. The highest BCUT2D eigenvalue weighted by Gasteiger charge is 2.71. The Bertz CT molecular complexity index is 632. The van der Waals surface area contributed by atoms with E-state index in [1.165, 1.54) is 0 Å². The summed E-state index contributed by atoms with van der Waals surface area (Å²) in [5.74, 6) is -0.963. The highest BCUT2D eigenvalue weighted by atomic mass is 19.4. The second-order valence-corrected chi connectivity index (χ2v) is 5.68. The molecule has 0 aliphatic carbocycles. The third-order valence-corrected chi connectivity index (χ3v) is 4.48. The van der Waals surface area contributed by atoms with Crippen LogP contribution in [0.1, 0.15) is 18.4 Å². The Labute approximate surface area is 131 Å². The fraction of sp³-hybridized carbons (Fsp3) is 0.615. The van der Waals surface area contributed by atoms with Crippen LogP contribution in [0.3, 0.4) is 0 Å². The first-order valence-electron chi connectivity index (χ1n) is 6.95. The van der Waals surface area contributed by atoms with Gasteiger partial charge < -0.3 is 9.53 Å². The number of nitrogens with zero attached hydrogens (tertiary/aromatic N) is 3. The molecule has 0 N–H and O–H groups in total. The van der Waals surface area contributed by atoms with Crippen molar-refractivity contribution in [2.24, 2.45) is 5.92 Å². The van der Waals surface area contributed by atoms with E-state index in [9.17, 15) is 31.1 Å². The van der Waals surface area contributed by atoms with Gasteiger partial charge in [0.15, 0.2) is 11.8 Å². The number of aldehydes is 1. The highest BCUT2D eigenvalue weighted by molar-refractivity contribution is 5.68. The molecule has 5 nitrogen and oxygen atoms in total. The van der Waals surface area contributed by atoms with Crippen LogP contribution in [0.15, 0.2) is 12.4 Å². The van der Waals surface area contributed by atoms with Gasteiger partial charge in [0.05, 0.1) is 5.56 Å². The minimum Gasteiger partial charge on any atom is -0.444 e. The number of carbonyl (C=O) groups is 1. The van der Waals surface area contributed by atoms with E-state index in [4.69, 9.17) is 4.74 Å². The predicted molar refractivity (Wildman–Crippen MR) is 65.7 cm³/mol. The summed E-state index contributed by atoms with van der Waals surface area (Å²) in [5, 5.41) is 0. The Morgan fingerprint density at radius 3 is 2.29 bits per heavy atom. The average Bonchev–Trinajstić information content (AvgIpc) is 2.99. The van der Waals surface area contributed by atoms with E-state index < -0.39 is 41.6 Å². The first-order valence-corrected chi connectivity index (χ1v) is 6.95. The highest BCUT2D eigenvalue weighted by Crippen LogP contribution is 2.53. The molecule has 1 aromatic heterocycles. The van der Waals surface area contributed by atoms with Crippen LogP contribution in [-0.4, -0.2) is 45.6 Å². The number of rotatable bonds is 3. The molecule has 2 bridgehead atoms. The first kappa shape index (κ1) is 16.9. The van der Waals surface area contributed by atoms with Crippen LogP contribution in [0.5, 0.6) is 6.01 Å². The Morgan fingerprint density at radius 1 is 1.21 bits per heavy atom. The van der Waals surface area contributed by atoms with Gasteiger partial charge in [-0.15, -0.1) is 0 Å². The molecule has 24 heavy (non-hydrogen) atoms. The van der Waals surface area contributed by atoms with E-state index in [1.807, 2.05) is 0 Å². The van der Waals surface area contributed by atoms with Crippen LogP contribution < -0.4 is 4.74 Å². The topological polar surface area (TPSA) is 55.3 Å². The van der Waals surface area contributed by atoms with Crippen molar-refractivity contribution in [1.82, 2.24) is 14.9 Å². The number of alkyl halides is 6. The van der Waals surface area contributed by atoms with Crippen molar-refractivity contribution in [3.8, 4) is 6.01 Å². The van der Waals surface area contributed by atoms with Crippen LogP contribution in [0, 0.1) is 5.92 Å². The van der Waals surface area contributed by atoms with Gasteiger partial charge in [-0.3, -0.25) is 0 Å². The lowest BCUT2D eigenvalue weighted by Crippen LogP contribution is -2.58. The number of halogens is 6. The Hall–Kier alpha value is -1.91. The maximum atomic E-state index is 13.4. The molecule has 3 heterocycles. The van der Waals surface area contributed by atoms with Crippen molar-refractivity contribution in [3.05, 3.63) is 18.0 Å². The Kier molecular flexibility index (Phi) is 3.74. The van der Waals surface area contributed by atoms with Gasteiger partial charge in [-0.2, -0.15) is 26.3 Å². The quantitative estimate of drug-likeness (QED) is 0.616. The molecular weight excluding hydrogens is 344 g/mol. The molecule has 0 aromatic carbocycles. The molecule has 1 aromatic rings. The van der Waals surface area contributed by atoms with Gasteiger partial charge in [0, 0.05) is 25.4 Å². The molecular formula is C13H11F6N3O2. The van der Waals surface area contributed by atoms with E-state index in [0.29, 0.717) is 12.4 Å². The molecule has 2 aliphatic heterocycles. The third-order valence-electron chi connectivity index (χ3n) is 4.48. The van der Waals surface area contributed by atoms with Gasteiger partial charge in [0.25, 0.3) is 0 Å². The smallest absolute Gasteiger partial charge is 0.419 e. The van der Waals surface area contributed by atoms with Gasteiger partial charge in [0.1, 0.15) is 6.29 Å². The number of fused-ring (bicyclic) bond motifs is 2. The normalized spacial score (nSPS) is 32.8. The van der Waals surface area contributed by atoms with Gasteiger partial charge in [-0.05, 0) is 12.3 Å². The van der Waals surface area contributed by atoms with Crippen LogP contribution in [-0.2, 0) is 11.0 Å². The SMILES string of the molecule is O=CC1(C(F)(F)F)C2CCN1C(Oc1ncc(C(F)(F)F)cn1)C2. The van der Waals surface area contributed by atoms with Crippen LogP contribution in [0.2, 0.25) is 0 Å². The summed E-state index contributed by atoms with van der Waals surface area (Å²) >= 11 is 0. The number of hydrogen-bond acceptors (Lipinski definition) is 5. The lowest BCUT2D eigenvalue weighted by atomic mass is 9.86. The lowest BCUT2D eigenvalue weighted by molar-refractivity contribution is -0.221. The molecule has 0 amide bonds. The number of hydrogen-bond donors (Lipinski definition) is 0. The largest absolute Gasteiger partial charge is 0.444 e. The fourth-order valence-electron chi connectivity index (χ4n) is 3.37. The second-order valence-electron chi connectivity index (χ2n) is 5.68. The number of carbonyl (C=O) groups excluding carboxylic acids is 1. The molecule has 11 heteroatoms. The summed E-state index contributed by atoms with van der Waals surface area (Å²) in [4.78, 5) is 18.9. The lowest BCUT2D eigenvalue weighted by Gasteiger charge is -2.34. The standard InChI is InChI=1S/C13H11F6N3O2/c14-12(15,16)8-4-20-10(21-5-8)24-9-3-7-1-2-22(9)11(7,6-23)13(17,18)19/h4-7,9H,1-3H2. The summed E-state index contributed by atoms with van der Waals surface area (Å²) in [6.45, 7) is -0.00574. The van der Waals surface area contributed by atoms with Crippen molar-refractivity contribution in [1.29, 1.82) is 0 Å². The van der Waals surface area contributed by atoms with Crippen LogP contribution in [0.4, 0.5) is 26.3 Å². The molecule has 132 valence electrons. The van der Waals surface area contributed by atoms with Gasteiger partial charge in [-0.25, -0.2) is 14.9 Å². The Balaban J connectivity index is 1.80.